The molecule has 0 unspecified atom stereocenters. The number of benzene rings is 1. The summed E-state index contributed by atoms with van der Waals surface area (Å²) >= 11 is 0. The second kappa shape index (κ2) is 9.63. The number of hydrogen-bond acceptors (Lipinski definition) is 5. The zero-order valence-corrected chi connectivity index (χ0v) is 13.4. The number of methoxy groups -OCH3 is 1. The number of nitrogens with two attached hydrogens (primary N) is 1. The van der Waals surface area contributed by atoms with Gasteiger partial charge in [-0.2, -0.15) is 0 Å². The molecule has 3 N–H and O–H groups in total. The first kappa shape index (κ1) is 18.7. The van der Waals surface area contributed by atoms with Gasteiger partial charge in [-0.1, -0.05) is 12.1 Å². The Bertz CT molecular complexity index is 473. The molecule has 1 aliphatic rings. The van der Waals surface area contributed by atoms with Crippen LogP contribution in [0.3, 0.4) is 0 Å². The predicted molar refractivity (Wildman–Crippen MR) is 86.6 cm³/mol. The molecule has 124 valence electrons. The molecule has 2 rings (SSSR count). The fraction of sp³-hybridized carbons (Fsp3) is 0.533. The number of nitrogens with one attached hydrogen (secondary N) is 1. The van der Waals surface area contributed by atoms with Gasteiger partial charge in [0.2, 0.25) is 0 Å². The van der Waals surface area contributed by atoms with Gasteiger partial charge in [0, 0.05) is 13.7 Å². The van der Waals surface area contributed by atoms with E-state index in [2.05, 4.69) is 5.32 Å². The van der Waals surface area contributed by atoms with Crippen molar-refractivity contribution in [2.45, 2.75) is 25.0 Å². The summed E-state index contributed by atoms with van der Waals surface area (Å²) in [7, 11) is 1.61. The van der Waals surface area contributed by atoms with E-state index in [1.54, 1.807) is 13.2 Å². The molecule has 1 saturated heterocycles. The van der Waals surface area contributed by atoms with E-state index in [4.69, 9.17) is 19.9 Å². The molecule has 2 atom stereocenters. The van der Waals surface area contributed by atoms with Crippen molar-refractivity contribution in [3.8, 4) is 5.75 Å². The fourth-order valence-electron chi connectivity index (χ4n) is 2.22. The molecule has 1 heterocycles. The van der Waals surface area contributed by atoms with Crippen molar-refractivity contribution in [3.63, 3.8) is 0 Å². The Hall–Kier alpha value is -1.34. The predicted octanol–water partition coefficient (Wildman–Crippen LogP) is 1.58. The van der Waals surface area contributed by atoms with E-state index in [1.807, 2.05) is 18.2 Å². The van der Waals surface area contributed by atoms with E-state index in [1.165, 1.54) is 0 Å². The van der Waals surface area contributed by atoms with Crippen molar-refractivity contribution in [2.24, 2.45) is 5.73 Å². The molecule has 0 spiro atoms. The normalized spacial score (nSPS) is 20.3. The quantitative estimate of drug-likeness (QED) is 0.742. The van der Waals surface area contributed by atoms with Crippen LogP contribution in [0.1, 0.15) is 12.8 Å². The smallest absolute Gasteiger partial charge is 0.253 e. The lowest BCUT2D eigenvalue weighted by Crippen LogP contribution is -2.30. The zero-order chi connectivity index (χ0) is 15.1. The van der Waals surface area contributed by atoms with Crippen LogP contribution in [0.15, 0.2) is 24.3 Å². The summed E-state index contributed by atoms with van der Waals surface area (Å²) in [6, 6.07) is 7.31. The molecule has 1 fully saturated rings. The van der Waals surface area contributed by atoms with Gasteiger partial charge >= 0.3 is 0 Å². The Labute approximate surface area is 136 Å². The van der Waals surface area contributed by atoms with Gasteiger partial charge in [-0.05, 0) is 25.0 Å². The Balaban J connectivity index is 0.00000242. The van der Waals surface area contributed by atoms with E-state index < -0.39 is 6.10 Å². The molecule has 0 aromatic heterocycles. The summed E-state index contributed by atoms with van der Waals surface area (Å²) in [4.78, 5) is 12.2. The van der Waals surface area contributed by atoms with E-state index >= 15 is 0 Å². The first-order valence-corrected chi connectivity index (χ1v) is 7.11. The summed E-state index contributed by atoms with van der Waals surface area (Å²) in [5.41, 5.74) is 6.19. The molecule has 0 saturated carbocycles. The molecule has 1 aromatic carbocycles. The zero-order valence-electron chi connectivity index (χ0n) is 12.6. The van der Waals surface area contributed by atoms with Gasteiger partial charge in [-0.3, -0.25) is 4.79 Å². The molecule has 22 heavy (non-hydrogen) atoms. The van der Waals surface area contributed by atoms with Crippen LogP contribution >= 0.6 is 12.4 Å². The van der Waals surface area contributed by atoms with E-state index in [9.17, 15) is 4.79 Å². The average Bonchev–Trinajstić information content (AvgIpc) is 2.98. The van der Waals surface area contributed by atoms with Crippen LogP contribution in [0.25, 0.3) is 0 Å². The maximum absolute atomic E-state index is 12.2. The molecule has 1 aliphatic heterocycles. The highest BCUT2D eigenvalue weighted by atomic mass is 35.5. The third-order valence-electron chi connectivity index (χ3n) is 3.35. The van der Waals surface area contributed by atoms with Gasteiger partial charge in [-0.25, -0.2) is 0 Å². The van der Waals surface area contributed by atoms with Crippen molar-refractivity contribution in [2.75, 3.05) is 32.2 Å². The number of carbonyl (C=O) groups is 1. The summed E-state index contributed by atoms with van der Waals surface area (Å²) in [5.74, 6) is 0.463. The van der Waals surface area contributed by atoms with Crippen molar-refractivity contribution >= 4 is 24.0 Å². The number of hydrogen-bond donors (Lipinski definition) is 2. The number of halogens is 1. The number of para-hydroxylation sites is 2. The fourth-order valence-corrected chi connectivity index (χ4v) is 2.22. The van der Waals surface area contributed by atoms with Crippen LogP contribution in [0.4, 0.5) is 5.69 Å². The van der Waals surface area contributed by atoms with Gasteiger partial charge in [0.25, 0.3) is 5.91 Å². The Morgan fingerprint density at radius 1 is 1.36 bits per heavy atom. The summed E-state index contributed by atoms with van der Waals surface area (Å²) < 4.78 is 16.1. The van der Waals surface area contributed by atoms with Crippen LogP contribution in [-0.4, -0.2) is 45.0 Å². The monoisotopic (exact) mass is 330 g/mol. The summed E-state index contributed by atoms with van der Waals surface area (Å²) in [6.45, 7) is 1.37. The van der Waals surface area contributed by atoms with Crippen molar-refractivity contribution < 1.29 is 19.0 Å². The van der Waals surface area contributed by atoms with Crippen molar-refractivity contribution in [1.29, 1.82) is 0 Å². The minimum atomic E-state index is -0.439. The summed E-state index contributed by atoms with van der Waals surface area (Å²) in [5, 5.41) is 2.85. The van der Waals surface area contributed by atoms with Crippen LogP contribution in [0, 0.1) is 0 Å². The van der Waals surface area contributed by atoms with Gasteiger partial charge in [0.15, 0.2) is 0 Å². The van der Waals surface area contributed by atoms with E-state index in [0.717, 1.165) is 6.42 Å². The first-order valence-electron chi connectivity index (χ1n) is 7.11. The second-order valence-corrected chi connectivity index (χ2v) is 4.89. The second-order valence-electron chi connectivity index (χ2n) is 4.89. The van der Waals surface area contributed by atoms with Gasteiger partial charge in [0.1, 0.15) is 18.5 Å². The van der Waals surface area contributed by atoms with E-state index in [0.29, 0.717) is 37.6 Å². The van der Waals surface area contributed by atoms with Crippen LogP contribution < -0.4 is 15.8 Å². The number of carbonyl (C=O) groups excluding carboxylic acids is 1. The lowest BCUT2D eigenvalue weighted by Gasteiger charge is -2.15. The third-order valence-corrected chi connectivity index (χ3v) is 3.35. The Morgan fingerprint density at radius 3 is 2.82 bits per heavy atom. The van der Waals surface area contributed by atoms with Crippen molar-refractivity contribution in [3.05, 3.63) is 24.3 Å². The largest absolute Gasteiger partial charge is 0.489 e. The molecule has 0 radical (unpaired) electrons. The third kappa shape index (κ3) is 5.14. The maximum Gasteiger partial charge on any atom is 0.253 e. The molecule has 0 bridgehead atoms. The topological polar surface area (TPSA) is 82.8 Å². The molecule has 7 heteroatoms. The Morgan fingerprint density at radius 2 is 2.14 bits per heavy atom. The van der Waals surface area contributed by atoms with Gasteiger partial charge in [-0.15, -0.1) is 12.4 Å². The highest BCUT2D eigenvalue weighted by molar-refractivity contribution is 5.95. The molecule has 1 aromatic rings. The highest BCUT2D eigenvalue weighted by Gasteiger charge is 2.30. The molecule has 0 aliphatic carbocycles. The minimum Gasteiger partial charge on any atom is -0.489 e. The number of rotatable bonds is 7. The highest BCUT2D eigenvalue weighted by Crippen LogP contribution is 2.26. The van der Waals surface area contributed by atoms with Crippen LogP contribution in [0.2, 0.25) is 0 Å². The van der Waals surface area contributed by atoms with Crippen LogP contribution in [0.5, 0.6) is 5.75 Å². The average molecular weight is 331 g/mol. The lowest BCUT2D eigenvalue weighted by molar-refractivity contribution is -0.126. The van der Waals surface area contributed by atoms with Gasteiger partial charge in [0.05, 0.1) is 18.4 Å². The number of ether oxygens (including phenoxy) is 3. The van der Waals surface area contributed by atoms with Crippen LogP contribution in [-0.2, 0) is 14.3 Å². The minimum absolute atomic E-state index is 0. The lowest BCUT2D eigenvalue weighted by atomic mass is 10.2. The first-order chi connectivity index (χ1) is 10.2. The molecular weight excluding hydrogens is 308 g/mol. The van der Waals surface area contributed by atoms with Gasteiger partial charge < -0.3 is 25.3 Å². The molecular formula is C15H23ClN2O4. The standard InChI is InChI=1S/C15H22N2O4.ClH/c1-19-8-9-20-13-5-3-2-4-12(13)17-15(18)14-7-6-11(10-16)21-14;/h2-5,11,14H,6-10,16H2,1H3,(H,17,18);1H/t11-,14+;/m1./s1. The molecule has 6 nitrogen and oxygen atoms in total. The SMILES string of the molecule is COCCOc1ccccc1NC(=O)[C@@H]1CC[C@H](CN)O1.Cl. The van der Waals surface area contributed by atoms with Crippen molar-refractivity contribution in [1.82, 2.24) is 0 Å². The number of anilines is 1. The molecule has 1 amide bonds. The maximum atomic E-state index is 12.2. The van der Waals surface area contributed by atoms with E-state index in [-0.39, 0.29) is 24.4 Å². The number of amides is 1. The Kier molecular flexibility index (Phi) is 8.19. The summed E-state index contributed by atoms with van der Waals surface area (Å²) in [6.07, 6.45) is 1.06.